The van der Waals surface area contributed by atoms with Crippen LogP contribution in [0.1, 0.15) is 28.0 Å². The molecule has 0 unspecified atom stereocenters. The van der Waals surface area contributed by atoms with Crippen LogP contribution >= 0.6 is 11.3 Å². The van der Waals surface area contributed by atoms with Crippen molar-refractivity contribution in [1.29, 1.82) is 5.26 Å². The molecule has 0 bridgehead atoms. The Balaban J connectivity index is 2.02. The zero-order valence-electron chi connectivity index (χ0n) is 10.8. The van der Waals surface area contributed by atoms with Crippen LogP contribution in [0.15, 0.2) is 6.33 Å². The summed E-state index contributed by atoms with van der Waals surface area (Å²) in [5.74, 6) is 0.729. The first-order valence-corrected chi connectivity index (χ1v) is 6.88. The predicted molar refractivity (Wildman–Crippen MR) is 74.5 cm³/mol. The van der Waals surface area contributed by atoms with Gasteiger partial charge in [-0.3, -0.25) is 4.79 Å². The molecule has 102 valence electrons. The van der Waals surface area contributed by atoms with E-state index in [1.54, 1.807) is 6.33 Å². The van der Waals surface area contributed by atoms with Crippen molar-refractivity contribution in [1.82, 2.24) is 14.8 Å². The molecule has 3 rings (SSSR count). The summed E-state index contributed by atoms with van der Waals surface area (Å²) < 4.78 is 1.98. The lowest BCUT2D eigenvalue weighted by Crippen LogP contribution is -2.33. The molecule has 0 aromatic carbocycles. The maximum atomic E-state index is 11.6. The van der Waals surface area contributed by atoms with Gasteiger partial charge >= 0.3 is 0 Å². The number of Topliss-reactive ketones (excluding diaryl/α,β-unsaturated/α-hetero) is 1. The van der Waals surface area contributed by atoms with Crippen LogP contribution in [0.25, 0.3) is 0 Å². The van der Waals surface area contributed by atoms with Crippen molar-refractivity contribution in [2.45, 2.75) is 20.0 Å². The lowest BCUT2D eigenvalue weighted by Gasteiger charge is -2.27. The molecule has 0 amide bonds. The molecule has 0 atom stereocenters. The number of hydrogen-bond acceptors (Lipinski definition) is 7. The number of ketones is 1. The van der Waals surface area contributed by atoms with Crippen LogP contribution in [0.2, 0.25) is 0 Å². The molecule has 2 aromatic rings. The summed E-state index contributed by atoms with van der Waals surface area (Å²) in [5, 5.41) is 17.9. The Morgan fingerprint density at radius 3 is 3.05 bits per heavy atom. The number of nitrogens with zero attached hydrogens (tertiary/aromatic N) is 5. The minimum absolute atomic E-state index is 0.115. The monoisotopic (exact) mass is 288 g/mol. The lowest BCUT2D eigenvalue weighted by molar-refractivity contribution is 0.102. The highest BCUT2D eigenvalue weighted by molar-refractivity contribution is 7.19. The number of nitrogen functional groups attached to an aromatic ring is 1. The van der Waals surface area contributed by atoms with Crippen molar-refractivity contribution in [2.75, 3.05) is 17.2 Å². The molecule has 0 aliphatic carbocycles. The molecule has 7 nitrogen and oxygen atoms in total. The minimum Gasteiger partial charge on any atom is -0.396 e. The first-order chi connectivity index (χ1) is 9.61. The largest absolute Gasteiger partial charge is 0.396 e. The van der Waals surface area contributed by atoms with Crippen molar-refractivity contribution in [3.05, 3.63) is 22.6 Å². The van der Waals surface area contributed by atoms with Gasteiger partial charge in [0, 0.05) is 20.0 Å². The zero-order chi connectivity index (χ0) is 14.3. The first-order valence-electron chi connectivity index (χ1n) is 6.06. The average Bonchev–Trinajstić information content (AvgIpc) is 3.01. The summed E-state index contributed by atoms with van der Waals surface area (Å²) in [4.78, 5) is 14.0. The van der Waals surface area contributed by atoms with E-state index in [1.165, 1.54) is 18.3 Å². The van der Waals surface area contributed by atoms with Gasteiger partial charge in [0.1, 0.15) is 23.0 Å². The van der Waals surface area contributed by atoms with Crippen LogP contribution < -0.4 is 10.6 Å². The molecule has 3 heterocycles. The van der Waals surface area contributed by atoms with Crippen molar-refractivity contribution in [3.63, 3.8) is 0 Å². The second kappa shape index (κ2) is 4.61. The minimum atomic E-state index is -0.115. The Hall–Kier alpha value is -2.40. The number of anilines is 2. The van der Waals surface area contributed by atoms with Crippen molar-refractivity contribution < 1.29 is 4.79 Å². The number of hydrogen-bond donors (Lipinski definition) is 1. The number of nitrogens with two attached hydrogens (primary N) is 1. The fourth-order valence-electron chi connectivity index (χ4n) is 2.26. The Kier molecular flexibility index (Phi) is 2.91. The van der Waals surface area contributed by atoms with Crippen LogP contribution in [-0.2, 0) is 13.1 Å². The predicted octanol–water partition coefficient (Wildman–Crippen LogP) is 1.02. The second-order valence-electron chi connectivity index (χ2n) is 4.56. The van der Waals surface area contributed by atoms with Gasteiger partial charge in [0.05, 0.1) is 17.1 Å². The van der Waals surface area contributed by atoms with Gasteiger partial charge in [-0.25, -0.2) is 0 Å². The summed E-state index contributed by atoms with van der Waals surface area (Å²) >= 11 is 1.27. The third-order valence-electron chi connectivity index (χ3n) is 3.28. The number of thiophene rings is 1. The zero-order valence-corrected chi connectivity index (χ0v) is 11.6. The molecule has 0 saturated heterocycles. The van der Waals surface area contributed by atoms with Gasteiger partial charge in [0.25, 0.3) is 0 Å². The van der Waals surface area contributed by atoms with E-state index in [0.717, 1.165) is 23.9 Å². The average molecular weight is 288 g/mol. The van der Waals surface area contributed by atoms with Crippen LogP contribution in [0, 0.1) is 11.3 Å². The van der Waals surface area contributed by atoms with Gasteiger partial charge in [-0.2, -0.15) is 5.26 Å². The van der Waals surface area contributed by atoms with Crippen LogP contribution in [0.3, 0.4) is 0 Å². The molecular formula is C12H12N6OS. The number of rotatable bonds is 2. The van der Waals surface area contributed by atoms with E-state index in [-0.39, 0.29) is 11.5 Å². The number of aromatic nitrogens is 3. The second-order valence-corrected chi connectivity index (χ2v) is 5.55. The van der Waals surface area contributed by atoms with E-state index in [0.29, 0.717) is 17.0 Å². The molecule has 8 heteroatoms. The molecule has 1 aliphatic heterocycles. The SMILES string of the molecule is CC(=O)c1sc(N2CCn3cnnc3C2)c(C#N)c1N. The maximum Gasteiger partial charge on any atom is 0.171 e. The van der Waals surface area contributed by atoms with Crippen molar-refractivity contribution in [3.8, 4) is 6.07 Å². The van der Waals surface area contributed by atoms with Gasteiger partial charge in [-0.1, -0.05) is 0 Å². The van der Waals surface area contributed by atoms with E-state index in [9.17, 15) is 10.1 Å². The summed E-state index contributed by atoms with van der Waals surface area (Å²) in [5.41, 5.74) is 6.57. The van der Waals surface area contributed by atoms with E-state index >= 15 is 0 Å². The quantitative estimate of drug-likeness (QED) is 0.828. The Bertz CT molecular complexity index is 725. The first kappa shape index (κ1) is 12.6. The van der Waals surface area contributed by atoms with E-state index in [1.807, 2.05) is 9.47 Å². The molecule has 0 spiro atoms. The highest BCUT2D eigenvalue weighted by Gasteiger charge is 2.26. The number of carbonyl (C=O) groups is 1. The van der Waals surface area contributed by atoms with E-state index in [4.69, 9.17) is 5.73 Å². The Labute approximate surface area is 119 Å². The van der Waals surface area contributed by atoms with E-state index < -0.39 is 0 Å². The topological polar surface area (TPSA) is 101 Å². The number of carbonyl (C=O) groups excluding carboxylic acids is 1. The normalized spacial score (nSPS) is 13.9. The smallest absolute Gasteiger partial charge is 0.171 e. The highest BCUT2D eigenvalue weighted by Crippen LogP contribution is 2.39. The van der Waals surface area contributed by atoms with Crippen LogP contribution in [0.5, 0.6) is 0 Å². The fourth-order valence-corrected chi connectivity index (χ4v) is 3.36. The van der Waals surface area contributed by atoms with Gasteiger partial charge in [0.2, 0.25) is 0 Å². The highest BCUT2D eigenvalue weighted by atomic mass is 32.1. The Morgan fingerprint density at radius 1 is 1.55 bits per heavy atom. The van der Waals surface area contributed by atoms with E-state index in [2.05, 4.69) is 16.3 Å². The third kappa shape index (κ3) is 1.83. The van der Waals surface area contributed by atoms with Gasteiger partial charge in [0.15, 0.2) is 11.6 Å². The molecule has 0 saturated carbocycles. The van der Waals surface area contributed by atoms with Crippen molar-refractivity contribution in [2.24, 2.45) is 0 Å². The number of fused-ring (bicyclic) bond motifs is 1. The summed E-state index contributed by atoms with van der Waals surface area (Å²) in [6.07, 6.45) is 1.70. The summed E-state index contributed by atoms with van der Waals surface area (Å²) in [6.45, 7) is 3.50. The Morgan fingerprint density at radius 2 is 2.35 bits per heavy atom. The van der Waals surface area contributed by atoms with Crippen LogP contribution in [0.4, 0.5) is 10.7 Å². The van der Waals surface area contributed by atoms with Gasteiger partial charge in [-0.05, 0) is 0 Å². The molecular weight excluding hydrogens is 276 g/mol. The van der Waals surface area contributed by atoms with Gasteiger partial charge < -0.3 is 15.2 Å². The molecule has 2 aromatic heterocycles. The van der Waals surface area contributed by atoms with Gasteiger partial charge in [-0.15, -0.1) is 21.5 Å². The standard InChI is InChI=1S/C12H12N6OS/c1-7(19)11-10(14)8(4-13)12(20-11)17-2-3-18-6-15-16-9(18)5-17/h6H,2-3,5,14H2,1H3. The molecule has 20 heavy (non-hydrogen) atoms. The summed E-state index contributed by atoms with van der Waals surface area (Å²) in [6, 6.07) is 2.10. The van der Waals surface area contributed by atoms with Crippen molar-refractivity contribution >= 4 is 27.8 Å². The summed E-state index contributed by atoms with van der Waals surface area (Å²) in [7, 11) is 0. The lowest BCUT2D eigenvalue weighted by atomic mass is 10.2. The molecule has 0 radical (unpaired) electrons. The fraction of sp³-hybridized carbons (Fsp3) is 0.333. The number of nitriles is 1. The molecule has 0 fully saturated rings. The third-order valence-corrected chi connectivity index (χ3v) is 4.65. The molecule has 1 aliphatic rings. The molecule has 2 N–H and O–H groups in total. The van der Waals surface area contributed by atoms with Crippen LogP contribution in [-0.4, -0.2) is 27.1 Å². The maximum absolute atomic E-state index is 11.6.